The molecule has 0 aromatic heterocycles. The van der Waals surface area contributed by atoms with E-state index in [1.54, 1.807) is 0 Å². The molecule has 1 aromatic carbocycles. The lowest BCUT2D eigenvalue weighted by Crippen LogP contribution is -2.21. The minimum Gasteiger partial charge on any atom is -0.399 e. The number of rotatable bonds is 1. The van der Waals surface area contributed by atoms with Crippen LogP contribution in [0, 0.1) is 5.41 Å². The van der Waals surface area contributed by atoms with E-state index in [0.717, 1.165) is 5.69 Å². The molecule has 0 bridgehead atoms. The van der Waals surface area contributed by atoms with Gasteiger partial charge in [-0.15, -0.1) is 0 Å². The van der Waals surface area contributed by atoms with Crippen molar-refractivity contribution in [3.63, 3.8) is 0 Å². The second-order valence-electron chi connectivity index (χ2n) is 10.3. The van der Waals surface area contributed by atoms with Crippen molar-refractivity contribution < 1.29 is 0 Å². The first-order valence-corrected chi connectivity index (χ1v) is 12.1. The van der Waals surface area contributed by atoms with Crippen LogP contribution in [-0.4, -0.2) is 0 Å². The molecule has 1 saturated carbocycles. The van der Waals surface area contributed by atoms with Gasteiger partial charge in [0.15, 0.2) is 0 Å². The summed E-state index contributed by atoms with van der Waals surface area (Å²) in [5, 5.41) is 0. The molecule has 2 N–H and O–H groups in total. The maximum absolute atomic E-state index is 6.03. The van der Waals surface area contributed by atoms with E-state index in [1.807, 2.05) is 18.2 Å². The molecule has 1 aliphatic carbocycles. The van der Waals surface area contributed by atoms with E-state index in [9.17, 15) is 0 Å². The largest absolute Gasteiger partial charge is 0.399 e. The van der Waals surface area contributed by atoms with E-state index in [2.05, 4.69) is 51.1 Å². The molecule has 1 unspecified atom stereocenters. The Labute approximate surface area is 180 Å². The molecule has 1 fully saturated rings. The van der Waals surface area contributed by atoms with Gasteiger partial charge in [-0.05, 0) is 54.2 Å². The zero-order valence-corrected chi connectivity index (χ0v) is 19.4. The second kappa shape index (κ2) is 12.3. The van der Waals surface area contributed by atoms with Gasteiger partial charge < -0.3 is 5.73 Å². The van der Waals surface area contributed by atoms with E-state index in [4.69, 9.17) is 5.73 Å². The van der Waals surface area contributed by atoms with Crippen LogP contribution in [0.4, 0.5) is 5.69 Å². The summed E-state index contributed by atoms with van der Waals surface area (Å²) in [5.74, 6) is 0. The van der Waals surface area contributed by atoms with Crippen LogP contribution in [0.2, 0.25) is 0 Å². The van der Waals surface area contributed by atoms with E-state index >= 15 is 0 Å². The average molecular weight is 396 g/mol. The molecule has 0 aliphatic heterocycles. The van der Waals surface area contributed by atoms with Gasteiger partial charge in [0.05, 0.1) is 0 Å². The Balaban J connectivity index is 2.14. The summed E-state index contributed by atoms with van der Waals surface area (Å²) in [6.45, 7) is 7.45. The van der Waals surface area contributed by atoms with Crippen LogP contribution in [0.1, 0.15) is 110 Å². The van der Waals surface area contributed by atoms with Gasteiger partial charge in [0, 0.05) is 5.69 Å². The third-order valence-electron chi connectivity index (χ3n) is 6.96. The number of nitrogens with two attached hydrogens (primary N) is 1. The van der Waals surface area contributed by atoms with E-state index in [1.165, 1.54) is 89.0 Å². The van der Waals surface area contributed by atoms with Crippen molar-refractivity contribution in [3.8, 4) is 0 Å². The lowest BCUT2D eigenvalue weighted by molar-refractivity contribution is 0.282. The van der Waals surface area contributed by atoms with Crippen molar-refractivity contribution in [2.24, 2.45) is 5.41 Å². The van der Waals surface area contributed by atoms with E-state index < -0.39 is 0 Å². The Kier molecular flexibility index (Phi) is 10.0. The molecule has 1 atom stereocenters. The van der Waals surface area contributed by atoms with Crippen LogP contribution in [-0.2, 0) is 5.41 Å². The highest BCUT2D eigenvalue weighted by molar-refractivity contribution is 5.35. The fraction of sp³-hybridized carbons (Fsp3) is 0.643. The van der Waals surface area contributed by atoms with Gasteiger partial charge in [0.1, 0.15) is 0 Å². The highest BCUT2D eigenvalue weighted by Gasteiger charge is 2.25. The summed E-state index contributed by atoms with van der Waals surface area (Å²) in [4.78, 5) is 0. The highest BCUT2D eigenvalue weighted by Crippen LogP contribution is 2.36. The Morgan fingerprint density at radius 2 is 1.00 bits per heavy atom. The summed E-state index contributed by atoms with van der Waals surface area (Å²) in [6.07, 6.45) is 17.8. The van der Waals surface area contributed by atoms with Crippen LogP contribution in [0.3, 0.4) is 0 Å². The van der Waals surface area contributed by atoms with Crippen molar-refractivity contribution in [3.05, 3.63) is 54.1 Å². The van der Waals surface area contributed by atoms with Crippen molar-refractivity contribution in [1.29, 1.82) is 0 Å². The van der Waals surface area contributed by atoms with Gasteiger partial charge in [-0.25, -0.2) is 0 Å². The highest BCUT2D eigenvalue weighted by atomic mass is 14.5. The fourth-order valence-corrected chi connectivity index (χ4v) is 4.83. The topological polar surface area (TPSA) is 26.0 Å². The molecule has 1 aliphatic rings. The third-order valence-corrected chi connectivity index (χ3v) is 6.96. The van der Waals surface area contributed by atoms with Gasteiger partial charge in [0.25, 0.3) is 0 Å². The molecular formula is C28H45N. The Morgan fingerprint density at radius 1 is 0.552 bits per heavy atom. The normalized spacial score (nSPS) is 24.5. The number of hydrogen-bond donors (Lipinski definition) is 1. The molecule has 0 saturated heterocycles. The minimum atomic E-state index is 0.256. The summed E-state index contributed by atoms with van der Waals surface area (Å²) in [6, 6.07) is 17.0. The first-order valence-electron chi connectivity index (χ1n) is 12.1. The van der Waals surface area contributed by atoms with Crippen LogP contribution in [0.25, 0.3) is 0 Å². The number of anilines is 1. The lowest BCUT2D eigenvalue weighted by atomic mass is 9.74. The van der Waals surface area contributed by atoms with Crippen LogP contribution >= 0.6 is 0 Å². The van der Waals surface area contributed by atoms with Gasteiger partial charge in [0.2, 0.25) is 0 Å². The predicted octanol–water partition coefficient (Wildman–Crippen LogP) is 8.76. The van der Waals surface area contributed by atoms with Crippen molar-refractivity contribution in [2.75, 3.05) is 5.73 Å². The van der Waals surface area contributed by atoms with Crippen LogP contribution < -0.4 is 5.73 Å². The molecular weight excluding hydrogens is 350 g/mol. The molecule has 1 aromatic rings. The van der Waals surface area contributed by atoms with Crippen LogP contribution in [0.5, 0.6) is 0 Å². The third kappa shape index (κ3) is 9.24. The minimum absolute atomic E-state index is 0.256. The zero-order chi connectivity index (χ0) is 21.0. The smallest absolute Gasteiger partial charge is 0.0313 e. The molecule has 2 rings (SSSR count). The molecule has 0 amide bonds. The second-order valence-corrected chi connectivity index (χ2v) is 10.3. The molecule has 0 radical (unpaired) electrons. The summed E-state index contributed by atoms with van der Waals surface area (Å²) in [5.41, 5.74) is 9.09. The number of nitrogen functional groups attached to an aromatic ring is 1. The van der Waals surface area contributed by atoms with Gasteiger partial charge in [-0.3, -0.25) is 0 Å². The summed E-state index contributed by atoms with van der Waals surface area (Å²) < 4.78 is 0. The van der Waals surface area contributed by atoms with Crippen molar-refractivity contribution in [1.82, 2.24) is 0 Å². The molecule has 0 heterocycles. The van der Waals surface area contributed by atoms with Gasteiger partial charge in [-0.2, -0.15) is 0 Å². The van der Waals surface area contributed by atoms with Gasteiger partial charge in [-0.1, -0.05) is 115 Å². The summed E-state index contributed by atoms with van der Waals surface area (Å²) in [7, 11) is 0. The Hall–Kier alpha value is -1.50. The van der Waals surface area contributed by atoms with Crippen LogP contribution in [0.15, 0.2) is 48.5 Å². The summed E-state index contributed by atoms with van der Waals surface area (Å²) >= 11 is 0. The predicted molar refractivity (Wildman–Crippen MR) is 130 cm³/mol. The maximum atomic E-state index is 6.03. The van der Waals surface area contributed by atoms with Crippen molar-refractivity contribution in [2.45, 2.75) is 110 Å². The number of hydrogen-bond acceptors (Lipinski definition) is 1. The molecule has 1 heteroatoms. The maximum Gasteiger partial charge on any atom is 0.0313 e. The monoisotopic (exact) mass is 395 g/mol. The molecule has 162 valence electrons. The fourth-order valence-electron chi connectivity index (χ4n) is 4.83. The first-order chi connectivity index (χ1) is 13.9. The molecule has 29 heavy (non-hydrogen) atoms. The van der Waals surface area contributed by atoms with E-state index in [-0.39, 0.29) is 5.41 Å². The Bertz CT molecular complexity index is 646. The Morgan fingerprint density at radius 3 is 1.62 bits per heavy atom. The van der Waals surface area contributed by atoms with E-state index in [0.29, 0.717) is 5.41 Å². The standard InChI is InChI=1S/C28H45N/c1-27(2)21-12-5-4-6-14-23-28(3,24-15-8-7-13-22-27)25-17-10-9-11-19-26(29)20-16-18-25/h9-11,16-20H,4-8,12-15,21-24,29H2,1-3H3. The lowest BCUT2D eigenvalue weighted by Gasteiger charge is -2.30. The first kappa shape index (κ1) is 23.8. The van der Waals surface area contributed by atoms with Crippen molar-refractivity contribution >= 4 is 5.69 Å². The SMILES string of the molecule is CC1(C)CCCCCCCC(C)(c2cccccc(N)ccc2)CCCCCC1. The molecule has 1 nitrogen and oxygen atoms in total. The zero-order valence-electron chi connectivity index (χ0n) is 19.4. The quantitative estimate of drug-likeness (QED) is 0.505. The van der Waals surface area contributed by atoms with Gasteiger partial charge >= 0.3 is 0 Å². The average Bonchev–Trinajstić information content (AvgIpc) is 2.68. The molecule has 0 spiro atoms.